The highest BCUT2D eigenvalue weighted by atomic mass is 16.5. The van der Waals surface area contributed by atoms with Crippen LogP contribution in [0, 0.1) is 24.2 Å². The van der Waals surface area contributed by atoms with Crippen molar-refractivity contribution < 1.29 is 9.53 Å². The average Bonchev–Trinajstić information content (AvgIpc) is 2.88. The Bertz CT molecular complexity index is 706. The number of fused-ring (bicyclic) bond motifs is 1. The van der Waals surface area contributed by atoms with E-state index in [1.807, 2.05) is 0 Å². The van der Waals surface area contributed by atoms with Gasteiger partial charge < -0.3 is 4.74 Å². The molecule has 102 valence electrons. The summed E-state index contributed by atoms with van der Waals surface area (Å²) >= 11 is 0. The first-order valence-corrected chi connectivity index (χ1v) is 7.98. The van der Waals surface area contributed by atoms with Crippen LogP contribution in [0.15, 0.2) is 12.1 Å². The molecule has 4 aliphatic carbocycles. The molecule has 0 saturated heterocycles. The normalized spacial score (nSPS) is 48.6. The van der Waals surface area contributed by atoms with Crippen LogP contribution in [0.2, 0.25) is 0 Å². The van der Waals surface area contributed by atoms with Gasteiger partial charge in [0, 0.05) is 17.4 Å². The molecule has 2 bridgehead atoms. The molecule has 2 heteroatoms. The van der Waals surface area contributed by atoms with Crippen LogP contribution in [0.5, 0.6) is 5.75 Å². The van der Waals surface area contributed by atoms with Crippen molar-refractivity contribution in [2.45, 2.75) is 50.5 Å². The zero-order chi connectivity index (χ0) is 13.3. The number of carbonyl (C=O) groups excluding carboxylic acids is 1. The maximum atomic E-state index is 12.5. The summed E-state index contributed by atoms with van der Waals surface area (Å²) in [7, 11) is 0. The van der Waals surface area contributed by atoms with Crippen LogP contribution >= 0.6 is 0 Å². The minimum Gasteiger partial charge on any atom is -0.481 e. The fraction of sp³-hybridized carbons (Fsp3) is 0.611. The van der Waals surface area contributed by atoms with Gasteiger partial charge in [0.2, 0.25) is 0 Å². The zero-order valence-electron chi connectivity index (χ0n) is 11.7. The van der Waals surface area contributed by atoms with E-state index in [0.29, 0.717) is 11.2 Å². The van der Waals surface area contributed by atoms with Crippen LogP contribution in [0.25, 0.3) is 0 Å². The maximum absolute atomic E-state index is 12.5. The fourth-order valence-electron chi connectivity index (χ4n) is 6.56. The van der Waals surface area contributed by atoms with Crippen molar-refractivity contribution in [1.29, 1.82) is 0 Å². The second-order valence-corrected chi connectivity index (χ2v) is 7.92. The summed E-state index contributed by atoms with van der Waals surface area (Å²) in [6.45, 7) is 2.13. The molecular formula is C18H18O2. The van der Waals surface area contributed by atoms with Crippen LogP contribution < -0.4 is 4.74 Å². The maximum Gasteiger partial charge on any atom is 0.174 e. The number of rotatable bonds is 0. The minimum absolute atomic E-state index is 0.0766. The van der Waals surface area contributed by atoms with E-state index in [0.717, 1.165) is 30.4 Å². The van der Waals surface area contributed by atoms with Gasteiger partial charge in [-0.25, -0.2) is 0 Å². The van der Waals surface area contributed by atoms with Gasteiger partial charge in [-0.2, -0.15) is 0 Å². The Morgan fingerprint density at radius 1 is 1.30 bits per heavy atom. The second-order valence-electron chi connectivity index (χ2n) is 7.92. The number of hydrogen-bond donors (Lipinski definition) is 0. The van der Waals surface area contributed by atoms with Gasteiger partial charge in [0.25, 0.3) is 0 Å². The van der Waals surface area contributed by atoms with Crippen LogP contribution in [0.3, 0.4) is 0 Å². The number of ether oxygens (including phenoxy) is 1. The summed E-state index contributed by atoms with van der Waals surface area (Å²) in [5, 5.41) is 0. The number of benzene rings is 1. The van der Waals surface area contributed by atoms with Gasteiger partial charge in [0.05, 0.1) is 0 Å². The molecule has 1 heterocycles. The molecule has 20 heavy (non-hydrogen) atoms. The van der Waals surface area contributed by atoms with E-state index in [-0.39, 0.29) is 11.5 Å². The monoisotopic (exact) mass is 266 g/mol. The lowest BCUT2D eigenvalue weighted by molar-refractivity contribution is -0.132. The SMILES string of the molecule is Cc1ccc2c3c1OC1C(=O)CCC4C5CC5(C2)CC314. The minimum atomic E-state index is -0.152. The van der Waals surface area contributed by atoms with Crippen LogP contribution in [-0.4, -0.2) is 11.9 Å². The lowest BCUT2D eigenvalue weighted by Crippen LogP contribution is -2.52. The van der Waals surface area contributed by atoms with Gasteiger partial charge in [-0.15, -0.1) is 0 Å². The topological polar surface area (TPSA) is 26.3 Å². The van der Waals surface area contributed by atoms with Crippen molar-refractivity contribution in [2.75, 3.05) is 0 Å². The van der Waals surface area contributed by atoms with E-state index >= 15 is 0 Å². The molecule has 1 aliphatic heterocycles. The lowest BCUT2D eigenvalue weighted by atomic mass is 9.57. The summed E-state index contributed by atoms with van der Waals surface area (Å²) < 4.78 is 6.28. The third-order valence-electron chi connectivity index (χ3n) is 7.19. The first kappa shape index (κ1) is 10.4. The van der Waals surface area contributed by atoms with E-state index in [2.05, 4.69) is 19.1 Å². The summed E-state index contributed by atoms with van der Waals surface area (Å²) in [5.41, 5.74) is 4.79. The largest absolute Gasteiger partial charge is 0.481 e. The average molecular weight is 266 g/mol. The molecule has 5 aliphatic rings. The number of aryl methyl sites for hydroxylation is 1. The van der Waals surface area contributed by atoms with E-state index < -0.39 is 0 Å². The van der Waals surface area contributed by atoms with Crippen molar-refractivity contribution >= 4 is 5.78 Å². The van der Waals surface area contributed by atoms with Gasteiger partial charge in [0.15, 0.2) is 11.9 Å². The molecule has 1 aromatic rings. The summed E-state index contributed by atoms with van der Waals surface area (Å²) in [5.74, 6) is 3.03. The lowest BCUT2D eigenvalue weighted by Gasteiger charge is -2.44. The summed E-state index contributed by atoms with van der Waals surface area (Å²) in [6.07, 6.45) is 5.58. The Labute approximate surface area is 118 Å². The number of hydrogen-bond acceptors (Lipinski definition) is 2. The number of Topliss-reactive ketones (excluding diaryl/α,β-unsaturated/α-hetero) is 1. The summed E-state index contributed by atoms with van der Waals surface area (Å²) in [6, 6.07) is 4.51. The molecule has 0 aromatic heterocycles. The Morgan fingerprint density at radius 2 is 2.20 bits per heavy atom. The molecule has 2 nitrogen and oxygen atoms in total. The molecule has 5 unspecified atom stereocenters. The van der Waals surface area contributed by atoms with Crippen molar-refractivity contribution in [3.63, 3.8) is 0 Å². The molecule has 0 N–H and O–H groups in total. The predicted molar refractivity (Wildman–Crippen MR) is 73.9 cm³/mol. The number of carbonyl (C=O) groups is 1. The highest BCUT2D eigenvalue weighted by Gasteiger charge is 2.78. The van der Waals surface area contributed by atoms with Crippen molar-refractivity contribution in [2.24, 2.45) is 17.3 Å². The Balaban J connectivity index is 1.73. The van der Waals surface area contributed by atoms with Crippen molar-refractivity contribution in [3.8, 4) is 5.75 Å². The highest BCUT2D eigenvalue weighted by Crippen LogP contribution is 2.80. The Morgan fingerprint density at radius 3 is 3.10 bits per heavy atom. The van der Waals surface area contributed by atoms with E-state index in [1.165, 1.54) is 36.0 Å². The molecule has 6 rings (SSSR count). The molecule has 0 amide bonds. The van der Waals surface area contributed by atoms with Gasteiger partial charge >= 0.3 is 0 Å². The van der Waals surface area contributed by atoms with E-state index in [9.17, 15) is 4.79 Å². The predicted octanol–water partition coefficient (Wildman–Crippen LogP) is 2.94. The third-order valence-corrected chi connectivity index (χ3v) is 7.19. The van der Waals surface area contributed by atoms with Gasteiger partial charge in [-0.05, 0) is 61.0 Å². The smallest absolute Gasteiger partial charge is 0.174 e. The van der Waals surface area contributed by atoms with Gasteiger partial charge in [0.1, 0.15) is 5.75 Å². The van der Waals surface area contributed by atoms with Crippen LogP contribution in [0.4, 0.5) is 0 Å². The van der Waals surface area contributed by atoms with Crippen LogP contribution in [-0.2, 0) is 16.6 Å². The standard InChI is InChI=1S/C18H18O2/c1-9-2-3-10-6-17-7-12(17)11-4-5-13(19)16-18(11,8-17)14(10)15(9)20-16/h2-3,11-12,16H,4-8H2,1H3. The van der Waals surface area contributed by atoms with Gasteiger partial charge in [-0.3, -0.25) is 4.79 Å². The first-order chi connectivity index (χ1) is 9.66. The number of ketones is 1. The van der Waals surface area contributed by atoms with E-state index in [4.69, 9.17) is 4.74 Å². The fourth-order valence-corrected chi connectivity index (χ4v) is 6.56. The molecular weight excluding hydrogens is 248 g/mol. The second kappa shape index (κ2) is 2.70. The van der Waals surface area contributed by atoms with Crippen LogP contribution in [0.1, 0.15) is 42.4 Å². The zero-order valence-corrected chi connectivity index (χ0v) is 11.7. The van der Waals surface area contributed by atoms with Crippen molar-refractivity contribution in [1.82, 2.24) is 0 Å². The Kier molecular flexibility index (Phi) is 1.41. The van der Waals surface area contributed by atoms with E-state index in [1.54, 1.807) is 0 Å². The molecule has 1 aromatic carbocycles. The van der Waals surface area contributed by atoms with Crippen molar-refractivity contribution in [3.05, 3.63) is 28.8 Å². The summed E-state index contributed by atoms with van der Waals surface area (Å²) in [4.78, 5) is 12.5. The first-order valence-electron chi connectivity index (χ1n) is 7.98. The molecule has 5 atom stereocenters. The third kappa shape index (κ3) is 0.822. The quantitative estimate of drug-likeness (QED) is 0.721. The molecule has 3 saturated carbocycles. The molecule has 2 spiro atoms. The highest BCUT2D eigenvalue weighted by molar-refractivity contribution is 5.89. The Hall–Kier alpha value is -1.31. The molecule has 3 fully saturated rings. The van der Waals surface area contributed by atoms with Gasteiger partial charge in [-0.1, -0.05) is 12.1 Å². The molecule has 0 radical (unpaired) electrons.